The highest BCUT2D eigenvalue weighted by molar-refractivity contribution is 7.92. The molecule has 3 rings (SSSR count). The Labute approximate surface area is 143 Å². The standard InChI is InChI=1S/C18H22N2O3S/c1-13(2)23-18-9-8-15(12-14(18)3)24(21,22)20-11-10-19-16-6-4-5-7-17(16)20/h4-9,12-13,19H,10-11H2,1-3H3. The Morgan fingerprint density at radius 2 is 1.92 bits per heavy atom. The Kier molecular flexibility index (Phi) is 4.41. The Morgan fingerprint density at radius 3 is 2.62 bits per heavy atom. The van der Waals surface area contributed by atoms with Crippen LogP contribution in [-0.2, 0) is 10.0 Å². The third-order valence-corrected chi connectivity index (χ3v) is 5.71. The Hall–Kier alpha value is -2.21. The number of anilines is 2. The number of nitrogens with zero attached hydrogens (tertiary/aromatic N) is 1. The predicted octanol–water partition coefficient (Wildman–Crippen LogP) is 3.40. The minimum atomic E-state index is -3.61. The lowest BCUT2D eigenvalue weighted by molar-refractivity contribution is 0.240. The molecule has 2 aromatic carbocycles. The highest BCUT2D eigenvalue weighted by atomic mass is 32.2. The van der Waals surface area contributed by atoms with Crippen LogP contribution in [0, 0.1) is 6.92 Å². The fraction of sp³-hybridized carbons (Fsp3) is 0.333. The summed E-state index contributed by atoms with van der Waals surface area (Å²) < 4.78 is 33.4. The van der Waals surface area contributed by atoms with E-state index in [2.05, 4.69) is 5.32 Å². The molecule has 0 unspecified atom stereocenters. The maximum Gasteiger partial charge on any atom is 0.264 e. The SMILES string of the molecule is Cc1cc(S(=O)(=O)N2CCNc3ccccc32)ccc1OC(C)C. The number of aryl methyl sites for hydroxylation is 1. The maximum absolute atomic E-state index is 13.1. The molecule has 5 nitrogen and oxygen atoms in total. The van der Waals surface area contributed by atoms with Gasteiger partial charge in [-0.15, -0.1) is 0 Å². The number of hydrogen-bond donors (Lipinski definition) is 1. The minimum Gasteiger partial charge on any atom is -0.491 e. The van der Waals surface area contributed by atoms with Gasteiger partial charge in [-0.05, 0) is 56.7 Å². The average Bonchev–Trinajstić information content (AvgIpc) is 2.55. The molecule has 0 bridgehead atoms. The van der Waals surface area contributed by atoms with Crippen LogP contribution in [-0.4, -0.2) is 27.6 Å². The zero-order valence-electron chi connectivity index (χ0n) is 14.1. The van der Waals surface area contributed by atoms with E-state index >= 15 is 0 Å². The second-order valence-corrected chi connectivity index (χ2v) is 7.98. The van der Waals surface area contributed by atoms with Crippen molar-refractivity contribution in [2.75, 3.05) is 22.7 Å². The molecule has 1 aliphatic heterocycles. The van der Waals surface area contributed by atoms with Crippen molar-refractivity contribution < 1.29 is 13.2 Å². The van der Waals surface area contributed by atoms with Gasteiger partial charge in [-0.25, -0.2) is 8.42 Å². The summed E-state index contributed by atoms with van der Waals surface area (Å²) in [5, 5.41) is 3.23. The molecule has 0 amide bonds. The van der Waals surface area contributed by atoms with Gasteiger partial charge in [0.25, 0.3) is 10.0 Å². The minimum absolute atomic E-state index is 0.0474. The fourth-order valence-corrected chi connectivity index (χ4v) is 4.37. The molecule has 2 aromatic rings. The molecule has 0 radical (unpaired) electrons. The molecular formula is C18H22N2O3S. The van der Waals surface area contributed by atoms with Crippen molar-refractivity contribution in [2.24, 2.45) is 0 Å². The van der Waals surface area contributed by atoms with Crippen LogP contribution in [0.2, 0.25) is 0 Å². The number of para-hydroxylation sites is 2. The van der Waals surface area contributed by atoms with Gasteiger partial charge in [-0.1, -0.05) is 12.1 Å². The van der Waals surface area contributed by atoms with E-state index in [1.165, 1.54) is 4.31 Å². The predicted molar refractivity (Wildman–Crippen MR) is 96.4 cm³/mol. The van der Waals surface area contributed by atoms with Crippen LogP contribution in [0.15, 0.2) is 47.4 Å². The van der Waals surface area contributed by atoms with Gasteiger partial charge < -0.3 is 10.1 Å². The zero-order chi connectivity index (χ0) is 17.3. The van der Waals surface area contributed by atoms with Crippen molar-refractivity contribution in [2.45, 2.75) is 31.8 Å². The summed E-state index contributed by atoms with van der Waals surface area (Å²) in [5.74, 6) is 0.713. The summed E-state index contributed by atoms with van der Waals surface area (Å²) in [6, 6.07) is 12.5. The van der Waals surface area contributed by atoms with Crippen molar-refractivity contribution in [3.63, 3.8) is 0 Å². The highest BCUT2D eigenvalue weighted by Gasteiger charge is 2.29. The van der Waals surface area contributed by atoms with Crippen LogP contribution in [0.3, 0.4) is 0 Å². The first-order valence-electron chi connectivity index (χ1n) is 8.02. The van der Waals surface area contributed by atoms with E-state index in [0.717, 1.165) is 11.3 Å². The van der Waals surface area contributed by atoms with E-state index < -0.39 is 10.0 Å². The lowest BCUT2D eigenvalue weighted by Crippen LogP contribution is -2.38. The number of sulfonamides is 1. The van der Waals surface area contributed by atoms with Gasteiger partial charge in [-0.2, -0.15) is 0 Å². The Morgan fingerprint density at radius 1 is 1.17 bits per heavy atom. The summed E-state index contributed by atoms with van der Waals surface area (Å²) in [5.41, 5.74) is 2.33. The molecule has 0 aromatic heterocycles. The van der Waals surface area contributed by atoms with Gasteiger partial charge in [0.2, 0.25) is 0 Å². The first kappa shape index (κ1) is 16.6. The molecule has 0 aliphatic carbocycles. The van der Waals surface area contributed by atoms with Crippen LogP contribution in [0.5, 0.6) is 5.75 Å². The van der Waals surface area contributed by atoms with Gasteiger partial charge >= 0.3 is 0 Å². The van der Waals surface area contributed by atoms with E-state index in [-0.39, 0.29) is 11.0 Å². The second-order valence-electron chi connectivity index (χ2n) is 6.12. The molecule has 0 saturated heterocycles. The van der Waals surface area contributed by atoms with E-state index in [4.69, 9.17) is 4.74 Å². The summed E-state index contributed by atoms with van der Waals surface area (Å²) in [4.78, 5) is 0.285. The summed E-state index contributed by atoms with van der Waals surface area (Å²) in [7, 11) is -3.61. The zero-order valence-corrected chi connectivity index (χ0v) is 14.9. The first-order valence-corrected chi connectivity index (χ1v) is 9.46. The molecule has 0 saturated carbocycles. The largest absolute Gasteiger partial charge is 0.491 e. The Bertz CT molecular complexity index is 847. The van der Waals surface area contributed by atoms with Gasteiger partial charge in [0, 0.05) is 6.54 Å². The molecule has 0 atom stereocenters. The lowest BCUT2D eigenvalue weighted by Gasteiger charge is -2.31. The van der Waals surface area contributed by atoms with Gasteiger partial charge in [0.15, 0.2) is 0 Å². The van der Waals surface area contributed by atoms with Crippen LogP contribution < -0.4 is 14.4 Å². The van der Waals surface area contributed by atoms with Crippen LogP contribution >= 0.6 is 0 Å². The summed E-state index contributed by atoms with van der Waals surface area (Å²) in [6.07, 6.45) is 0.0474. The topological polar surface area (TPSA) is 58.6 Å². The van der Waals surface area contributed by atoms with E-state index in [1.807, 2.05) is 45.0 Å². The molecule has 1 heterocycles. The van der Waals surface area contributed by atoms with E-state index in [0.29, 0.717) is 24.5 Å². The first-order chi connectivity index (χ1) is 11.4. The van der Waals surface area contributed by atoms with Crippen LogP contribution in [0.25, 0.3) is 0 Å². The molecule has 1 aliphatic rings. The number of rotatable bonds is 4. The number of hydrogen-bond acceptors (Lipinski definition) is 4. The summed E-state index contributed by atoms with van der Waals surface area (Å²) in [6.45, 7) is 6.75. The molecule has 1 N–H and O–H groups in total. The van der Waals surface area contributed by atoms with Crippen molar-refractivity contribution in [3.8, 4) is 5.75 Å². The van der Waals surface area contributed by atoms with E-state index in [1.54, 1.807) is 18.2 Å². The number of ether oxygens (including phenoxy) is 1. The molecule has 24 heavy (non-hydrogen) atoms. The molecule has 0 spiro atoms. The monoisotopic (exact) mass is 346 g/mol. The van der Waals surface area contributed by atoms with Crippen molar-refractivity contribution in [3.05, 3.63) is 48.0 Å². The smallest absolute Gasteiger partial charge is 0.264 e. The highest BCUT2D eigenvalue weighted by Crippen LogP contribution is 2.34. The molecule has 6 heteroatoms. The molecule has 128 valence electrons. The average molecular weight is 346 g/mol. The maximum atomic E-state index is 13.1. The van der Waals surface area contributed by atoms with Crippen molar-refractivity contribution in [1.82, 2.24) is 0 Å². The van der Waals surface area contributed by atoms with Gasteiger partial charge in [0.1, 0.15) is 5.75 Å². The lowest BCUT2D eigenvalue weighted by atomic mass is 10.2. The van der Waals surface area contributed by atoms with E-state index in [9.17, 15) is 8.42 Å². The number of fused-ring (bicyclic) bond motifs is 1. The fourth-order valence-electron chi connectivity index (χ4n) is 2.80. The number of benzene rings is 2. The molecule has 0 fully saturated rings. The quantitative estimate of drug-likeness (QED) is 0.922. The third-order valence-electron chi connectivity index (χ3n) is 3.90. The number of nitrogens with one attached hydrogen (secondary N) is 1. The van der Waals surface area contributed by atoms with Crippen LogP contribution in [0.1, 0.15) is 19.4 Å². The normalized spacial score (nSPS) is 14.2. The third kappa shape index (κ3) is 3.06. The van der Waals surface area contributed by atoms with Crippen molar-refractivity contribution in [1.29, 1.82) is 0 Å². The second kappa shape index (κ2) is 6.36. The van der Waals surface area contributed by atoms with Gasteiger partial charge in [-0.3, -0.25) is 4.31 Å². The van der Waals surface area contributed by atoms with Crippen LogP contribution in [0.4, 0.5) is 11.4 Å². The van der Waals surface area contributed by atoms with Crippen molar-refractivity contribution >= 4 is 21.4 Å². The summed E-state index contributed by atoms with van der Waals surface area (Å²) >= 11 is 0. The Balaban J connectivity index is 1.99. The molecular weight excluding hydrogens is 324 g/mol. The van der Waals surface area contributed by atoms with Gasteiger partial charge in [0.05, 0.1) is 28.9 Å².